The fraction of sp³-hybridized carbons (Fsp3) is 0.889. The Morgan fingerprint density at radius 3 is 2.12 bits per heavy atom. The predicted molar refractivity (Wildman–Crippen MR) is 104 cm³/mol. The van der Waals surface area contributed by atoms with E-state index >= 15 is 0 Å². The smallest absolute Gasteiger partial charge is 0.167 e. The molecule has 1 heterocycles. The zero-order valence-electron chi connectivity index (χ0n) is 17.4. The van der Waals surface area contributed by atoms with Crippen LogP contribution in [-0.4, -0.2) is 122 Å². The van der Waals surface area contributed by atoms with Gasteiger partial charge in [-0.15, -0.1) is 0 Å². The van der Waals surface area contributed by atoms with Crippen LogP contribution in [0.25, 0.3) is 0 Å². The molecule has 0 N–H and O–H groups in total. The molecule has 0 aliphatic carbocycles. The maximum absolute atomic E-state index is 6.07. The van der Waals surface area contributed by atoms with Gasteiger partial charge in [0.15, 0.2) is 11.5 Å². The highest BCUT2D eigenvalue weighted by molar-refractivity contribution is 6.12. The Hall–Kier alpha value is -0.795. The van der Waals surface area contributed by atoms with E-state index in [4.69, 9.17) is 26.8 Å². The summed E-state index contributed by atoms with van der Waals surface area (Å²) >= 11 is 0. The first-order valence-corrected chi connectivity index (χ1v) is 9.29. The molecule has 0 fully saturated rings. The van der Waals surface area contributed by atoms with Crippen LogP contribution in [0, 0.1) is 0 Å². The van der Waals surface area contributed by atoms with Gasteiger partial charge in [-0.1, -0.05) is 0 Å². The topological polar surface area (TPSA) is 46.6 Å². The fourth-order valence-electron chi connectivity index (χ4n) is 2.62. The molecule has 0 aromatic carbocycles. The first kappa shape index (κ1) is 23.2. The molecule has 0 spiro atoms. The van der Waals surface area contributed by atoms with Gasteiger partial charge in [0.25, 0.3) is 0 Å². The molecule has 0 aromatic rings. The zero-order valence-corrected chi connectivity index (χ0v) is 17.4. The van der Waals surface area contributed by atoms with Crippen LogP contribution in [0.2, 0.25) is 0 Å². The summed E-state index contributed by atoms with van der Waals surface area (Å²) < 4.78 is 22.5. The van der Waals surface area contributed by atoms with Crippen molar-refractivity contribution in [2.45, 2.75) is 19.0 Å². The molecular weight excluding hydrogens is 333 g/mol. The molecule has 8 heteroatoms. The third-order valence-electron chi connectivity index (χ3n) is 4.20. The van der Waals surface area contributed by atoms with Crippen molar-refractivity contribution in [2.75, 3.05) is 87.8 Å². The molecule has 2 atom stereocenters. The number of hydrogen-bond acceptors (Lipinski definition) is 7. The number of nitrogens with zero attached hydrogens (tertiary/aromatic N) is 3. The van der Waals surface area contributed by atoms with Gasteiger partial charge in [-0.25, -0.2) is 0 Å². The molecule has 0 aromatic heterocycles. The van der Waals surface area contributed by atoms with Crippen LogP contribution in [-0.2, 0) is 18.9 Å². The Kier molecular flexibility index (Phi) is 11.2. The van der Waals surface area contributed by atoms with Crippen LogP contribution in [0.4, 0.5) is 0 Å². The maximum atomic E-state index is 6.07. The molecule has 1 aliphatic heterocycles. The number of ether oxygens (including phenoxy) is 4. The van der Waals surface area contributed by atoms with E-state index in [9.17, 15) is 0 Å². The normalized spacial score (nSPS) is 20.5. The molecule has 0 saturated heterocycles. The van der Waals surface area contributed by atoms with Gasteiger partial charge in [0, 0.05) is 39.3 Å². The summed E-state index contributed by atoms with van der Waals surface area (Å²) in [6.45, 7) is 8.33. The summed E-state index contributed by atoms with van der Waals surface area (Å²) in [6, 6.07) is -0.558. The Morgan fingerprint density at radius 2 is 1.62 bits per heavy atom. The van der Waals surface area contributed by atoms with Crippen molar-refractivity contribution in [3.63, 3.8) is 0 Å². The van der Waals surface area contributed by atoms with Crippen molar-refractivity contribution < 1.29 is 18.9 Å². The van der Waals surface area contributed by atoms with Crippen molar-refractivity contribution in [3.05, 3.63) is 11.5 Å². The summed E-state index contributed by atoms with van der Waals surface area (Å²) in [7, 11) is 16.0. The second-order valence-electron chi connectivity index (χ2n) is 6.95. The Balaban J connectivity index is 2.53. The first-order chi connectivity index (χ1) is 12.4. The maximum Gasteiger partial charge on any atom is 0.167 e. The molecule has 1 aliphatic rings. The lowest BCUT2D eigenvalue weighted by Crippen LogP contribution is -2.39. The van der Waals surface area contributed by atoms with Crippen LogP contribution in [0.1, 0.15) is 6.92 Å². The lowest BCUT2D eigenvalue weighted by atomic mass is 9.94. The van der Waals surface area contributed by atoms with E-state index in [1.165, 1.54) is 0 Å². The summed E-state index contributed by atoms with van der Waals surface area (Å²) in [4.78, 5) is 6.78. The number of rotatable bonds is 14. The zero-order chi connectivity index (χ0) is 19.5. The number of methoxy groups -OCH3 is 1. The van der Waals surface area contributed by atoms with E-state index in [0.717, 1.165) is 32.7 Å². The summed E-state index contributed by atoms with van der Waals surface area (Å²) in [5.74, 6) is 1.27. The molecule has 0 amide bonds. The average Bonchev–Trinajstić information content (AvgIpc) is 2.89. The molecule has 7 nitrogen and oxygen atoms in total. The van der Waals surface area contributed by atoms with E-state index in [0.29, 0.717) is 31.3 Å². The molecule has 2 radical (unpaired) electrons. The van der Waals surface area contributed by atoms with Gasteiger partial charge in [-0.3, -0.25) is 4.90 Å². The standard InChI is InChI=1S/C18H36BN3O4/c1-7-24-14-15-16(23-6)17(18(19)26-15)25-13-12-22(10-8-20(2)3)11-9-21(4)5/h17-18H,7-14H2,1-6H3/t17?,18-/m1/s1. The third kappa shape index (κ3) is 8.27. The number of likely N-dealkylation sites (N-methyl/N-ethyl adjacent to an activating group) is 2. The fourth-order valence-corrected chi connectivity index (χ4v) is 2.62. The Morgan fingerprint density at radius 1 is 1.00 bits per heavy atom. The summed E-state index contributed by atoms with van der Waals surface area (Å²) in [5.41, 5.74) is 0. The van der Waals surface area contributed by atoms with Crippen LogP contribution < -0.4 is 0 Å². The minimum absolute atomic E-state index is 0.352. The van der Waals surface area contributed by atoms with Gasteiger partial charge in [-0.05, 0) is 35.1 Å². The van der Waals surface area contributed by atoms with Gasteiger partial charge in [0.05, 0.1) is 19.7 Å². The Labute approximate surface area is 160 Å². The van der Waals surface area contributed by atoms with E-state index in [1.807, 2.05) is 6.92 Å². The van der Waals surface area contributed by atoms with E-state index < -0.39 is 6.00 Å². The molecule has 150 valence electrons. The molecular formula is C18H36BN3O4. The van der Waals surface area contributed by atoms with Gasteiger partial charge in [-0.2, -0.15) is 0 Å². The van der Waals surface area contributed by atoms with E-state index in [2.05, 4.69) is 42.9 Å². The van der Waals surface area contributed by atoms with Crippen molar-refractivity contribution >= 4 is 7.85 Å². The molecule has 26 heavy (non-hydrogen) atoms. The Bertz CT molecular complexity index is 409. The van der Waals surface area contributed by atoms with Gasteiger partial charge in [0.2, 0.25) is 0 Å². The quantitative estimate of drug-likeness (QED) is 0.406. The summed E-state index contributed by atoms with van der Waals surface area (Å²) in [6.07, 6.45) is -0.389. The minimum Gasteiger partial charge on any atom is -0.496 e. The van der Waals surface area contributed by atoms with Crippen molar-refractivity contribution in [2.24, 2.45) is 0 Å². The van der Waals surface area contributed by atoms with Gasteiger partial charge in [0.1, 0.15) is 20.6 Å². The third-order valence-corrected chi connectivity index (χ3v) is 4.20. The van der Waals surface area contributed by atoms with Gasteiger partial charge >= 0.3 is 0 Å². The van der Waals surface area contributed by atoms with E-state index in [-0.39, 0.29) is 6.10 Å². The highest BCUT2D eigenvalue weighted by Crippen LogP contribution is 2.27. The minimum atomic E-state index is -0.558. The predicted octanol–water partition coefficient (Wildman–Crippen LogP) is 0.216. The van der Waals surface area contributed by atoms with Crippen LogP contribution in [0.15, 0.2) is 11.5 Å². The first-order valence-electron chi connectivity index (χ1n) is 9.29. The molecule has 1 unspecified atom stereocenters. The monoisotopic (exact) mass is 369 g/mol. The van der Waals surface area contributed by atoms with Crippen molar-refractivity contribution in [3.8, 4) is 0 Å². The summed E-state index contributed by atoms with van der Waals surface area (Å²) in [5, 5.41) is 0. The molecule has 0 bridgehead atoms. The van der Waals surface area contributed by atoms with Crippen molar-refractivity contribution in [1.82, 2.24) is 14.7 Å². The lowest BCUT2D eigenvalue weighted by Gasteiger charge is -2.26. The number of hydrogen-bond donors (Lipinski definition) is 0. The SMILES string of the molecule is [B][C@@H]1OC(COCC)=C(OC)C1OCCN(CCN(C)C)CCN(C)C. The average molecular weight is 369 g/mol. The second kappa shape index (κ2) is 12.6. The molecule has 1 rings (SSSR count). The lowest BCUT2D eigenvalue weighted by molar-refractivity contribution is -0.000747. The van der Waals surface area contributed by atoms with Crippen LogP contribution in [0.5, 0.6) is 0 Å². The second-order valence-corrected chi connectivity index (χ2v) is 6.95. The van der Waals surface area contributed by atoms with Crippen molar-refractivity contribution in [1.29, 1.82) is 0 Å². The molecule has 0 saturated carbocycles. The largest absolute Gasteiger partial charge is 0.496 e. The highest BCUT2D eigenvalue weighted by atomic mass is 16.6. The van der Waals surface area contributed by atoms with E-state index in [1.54, 1.807) is 7.11 Å². The van der Waals surface area contributed by atoms with Gasteiger partial charge < -0.3 is 28.7 Å². The van der Waals surface area contributed by atoms with Crippen LogP contribution >= 0.6 is 0 Å². The highest BCUT2D eigenvalue weighted by Gasteiger charge is 2.35. The van der Waals surface area contributed by atoms with Crippen LogP contribution in [0.3, 0.4) is 0 Å².